The lowest BCUT2D eigenvalue weighted by atomic mass is 10.1. The van der Waals surface area contributed by atoms with E-state index in [1.165, 1.54) is 15.7 Å². The van der Waals surface area contributed by atoms with E-state index in [1.807, 2.05) is 6.07 Å². The van der Waals surface area contributed by atoms with Gasteiger partial charge in [0.1, 0.15) is 42.7 Å². The van der Waals surface area contributed by atoms with E-state index in [0.717, 1.165) is 36.2 Å². The smallest absolute Gasteiger partial charge is 0.325 e. The first-order chi connectivity index (χ1) is 24.1. The Morgan fingerprint density at radius 1 is 0.920 bits per heavy atom. The van der Waals surface area contributed by atoms with E-state index >= 15 is 4.39 Å². The minimum atomic E-state index is -4.53. The number of fused-ring (bicyclic) bond motifs is 2. The summed E-state index contributed by atoms with van der Waals surface area (Å²) in [5.74, 6) is 0.599. The van der Waals surface area contributed by atoms with Gasteiger partial charge in [-0.3, -0.25) is 9.09 Å². The number of anilines is 2. The molecule has 18 nitrogen and oxygen atoms in total. The number of aliphatic hydroxyl groups is 1. The molecule has 264 valence electrons. The maximum absolute atomic E-state index is 16.4. The summed E-state index contributed by atoms with van der Waals surface area (Å²) in [7, 11) is 1.48. The fraction of sp³-hybridized carbons (Fsp3) is 0.593. The fourth-order valence-corrected chi connectivity index (χ4v) is 9.63. The Labute approximate surface area is 289 Å². The fourth-order valence-electron chi connectivity index (χ4n) is 7.17. The maximum Gasteiger partial charge on any atom is 0.325 e. The summed E-state index contributed by atoms with van der Waals surface area (Å²) in [6.45, 7) is -3.86. The number of aryl methyl sites for hydroxylation is 2. The second kappa shape index (κ2) is 12.5. The van der Waals surface area contributed by atoms with Crippen molar-refractivity contribution >= 4 is 67.1 Å². The molecule has 0 bridgehead atoms. The number of nitrogens with one attached hydrogen (secondary N) is 2. The van der Waals surface area contributed by atoms with Gasteiger partial charge in [0.05, 0.1) is 35.4 Å². The van der Waals surface area contributed by atoms with Crippen LogP contribution in [-0.4, -0.2) is 115 Å². The number of halogens is 1. The van der Waals surface area contributed by atoms with Crippen LogP contribution in [0.1, 0.15) is 36.7 Å². The standard InChI is InChI=1S/C27H31BFN9O9P2S/c28-48(40)42-9-16-22(20(39)27(45-16)38-25-18-14(36-38)4-2-7-31-23(18)33-11-34-25)47-49(41,50)43-10-15-21(46-48)19(29)26(44-15)37-24-17-12(5-8-32-24)30-6-1-3-13(17)35-37/h5,8,11,15-16,19-22,26-27,30,39H,1-4,6-7,9-10H2,(H,41,50)(H,31,33,34)/t15-,16-,19+,20?,21?,22+,26-,27-,48?,49?/m1/s1. The third-order valence-electron chi connectivity index (χ3n) is 9.42. The molecule has 3 saturated heterocycles. The molecule has 5 aliphatic heterocycles. The van der Waals surface area contributed by atoms with E-state index in [1.54, 1.807) is 6.20 Å². The molecule has 9 rings (SSSR count). The average Bonchev–Trinajstić information content (AvgIpc) is 3.71. The maximum atomic E-state index is 16.4. The van der Waals surface area contributed by atoms with E-state index < -0.39 is 76.6 Å². The Morgan fingerprint density at radius 2 is 1.60 bits per heavy atom. The molecule has 0 spiro atoms. The summed E-state index contributed by atoms with van der Waals surface area (Å²) in [6, 6.07) is 1.82. The predicted octanol–water partition coefficient (Wildman–Crippen LogP) is 1.79. The number of aliphatic hydroxyl groups excluding tert-OH is 1. The van der Waals surface area contributed by atoms with Crippen LogP contribution in [0.3, 0.4) is 0 Å². The molecule has 23 heteroatoms. The van der Waals surface area contributed by atoms with E-state index in [-0.39, 0.29) is 0 Å². The van der Waals surface area contributed by atoms with Gasteiger partial charge in [0.25, 0.3) is 7.47 Å². The minimum absolute atomic E-state index is 0.377. The lowest BCUT2D eigenvalue weighted by Crippen LogP contribution is -2.38. The normalized spacial score (nSPS) is 37.5. The first-order valence-electron chi connectivity index (χ1n) is 16.1. The van der Waals surface area contributed by atoms with Crippen molar-refractivity contribution in [1.82, 2.24) is 34.5 Å². The Hall–Kier alpha value is -2.68. The van der Waals surface area contributed by atoms with Crippen molar-refractivity contribution in [3.05, 3.63) is 30.0 Å². The Kier molecular flexibility index (Phi) is 8.28. The van der Waals surface area contributed by atoms with Crippen molar-refractivity contribution in [3.8, 4) is 0 Å². The van der Waals surface area contributed by atoms with Crippen molar-refractivity contribution in [1.29, 1.82) is 0 Å². The molecule has 5 aliphatic rings. The number of aromatic nitrogens is 7. The quantitative estimate of drug-likeness (QED) is 0.170. The Balaban J connectivity index is 1.00. The number of ether oxygens (including phenoxy) is 2. The van der Waals surface area contributed by atoms with Crippen LogP contribution in [0.25, 0.3) is 22.1 Å². The number of nitrogens with zero attached hydrogens (tertiary/aromatic N) is 7. The topological polar surface area (TPSA) is 211 Å². The molecular formula is C27H31BFN9O9P2S. The zero-order valence-corrected chi connectivity index (χ0v) is 28.8. The molecule has 0 aliphatic carbocycles. The SMILES string of the molecule is [B]P1(=O)OC[C@H]2O[C@@H](n3nc4c5c(ncnc53)NCCC4)C(O)[C@H]2OP(O)(=S)OC[C@H]2O[C@@H](n3nc4c5c(ccnc53)NCCC4)[C@@H](F)C2O1. The molecule has 50 heavy (non-hydrogen) atoms. The highest BCUT2D eigenvalue weighted by Crippen LogP contribution is 2.54. The van der Waals surface area contributed by atoms with Crippen molar-refractivity contribution in [3.63, 3.8) is 0 Å². The Morgan fingerprint density at radius 3 is 2.42 bits per heavy atom. The number of hydrogen-bond donors (Lipinski definition) is 4. The monoisotopic (exact) mass is 749 g/mol. The second-order valence-electron chi connectivity index (χ2n) is 12.6. The molecule has 2 radical (unpaired) electrons. The molecule has 0 aromatic carbocycles. The van der Waals surface area contributed by atoms with Crippen LogP contribution in [0, 0.1) is 0 Å². The van der Waals surface area contributed by atoms with E-state index in [2.05, 4.69) is 35.8 Å². The van der Waals surface area contributed by atoms with Crippen LogP contribution in [0.4, 0.5) is 15.9 Å². The summed E-state index contributed by atoms with van der Waals surface area (Å²) in [6.07, 6.45) is -5.78. The number of rotatable bonds is 2. The van der Waals surface area contributed by atoms with Crippen LogP contribution in [0.5, 0.6) is 0 Å². The highest BCUT2D eigenvalue weighted by atomic mass is 32.5. The lowest BCUT2D eigenvalue weighted by molar-refractivity contribution is -0.0612. The van der Waals surface area contributed by atoms with Crippen LogP contribution in [0.2, 0.25) is 0 Å². The van der Waals surface area contributed by atoms with Gasteiger partial charge in [-0.05, 0) is 43.6 Å². The van der Waals surface area contributed by atoms with Gasteiger partial charge in [-0.15, -0.1) is 0 Å². The summed E-state index contributed by atoms with van der Waals surface area (Å²) in [4.78, 5) is 24.3. The van der Waals surface area contributed by atoms with E-state index in [0.29, 0.717) is 47.6 Å². The summed E-state index contributed by atoms with van der Waals surface area (Å²) in [5.41, 5.74) is 3.00. The molecule has 9 heterocycles. The van der Waals surface area contributed by atoms with Crippen LogP contribution < -0.4 is 10.6 Å². The largest absolute Gasteiger partial charge is 0.385 e. The first kappa shape index (κ1) is 33.2. The molecule has 4 aromatic heterocycles. The zero-order valence-electron chi connectivity index (χ0n) is 26.1. The third-order valence-corrected chi connectivity index (χ3v) is 12.0. The van der Waals surface area contributed by atoms with Gasteiger partial charge in [0.15, 0.2) is 29.9 Å². The summed E-state index contributed by atoms with van der Waals surface area (Å²) in [5, 5.41) is 28.9. The van der Waals surface area contributed by atoms with Gasteiger partial charge in [0, 0.05) is 25.0 Å². The van der Waals surface area contributed by atoms with Crippen LogP contribution in [-0.2, 0) is 56.8 Å². The van der Waals surface area contributed by atoms with Gasteiger partial charge in [-0.1, -0.05) is 0 Å². The van der Waals surface area contributed by atoms with Crippen LogP contribution >= 0.6 is 14.2 Å². The molecule has 10 atom stereocenters. The predicted molar refractivity (Wildman–Crippen MR) is 177 cm³/mol. The average molecular weight is 749 g/mol. The van der Waals surface area contributed by atoms with Crippen molar-refractivity contribution in [2.24, 2.45) is 0 Å². The zero-order chi connectivity index (χ0) is 34.4. The molecule has 4 aromatic rings. The first-order valence-corrected chi connectivity index (χ1v) is 20.3. The third kappa shape index (κ3) is 5.67. The molecule has 3 fully saturated rings. The molecule has 0 saturated carbocycles. The van der Waals surface area contributed by atoms with Gasteiger partial charge >= 0.3 is 6.72 Å². The molecule has 4 N–H and O–H groups in total. The summed E-state index contributed by atoms with van der Waals surface area (Å²) < 4.78 is 67.5. The van der Waals surface area contributed by atoms with Gasteiger partial charge in [-0.25, -0.2) is 28.7 Å². The molecule has 0 amide bonds. The van der Waals surface area contributed by atoms with Crippen molar-refractivity contribution in [2.75, 3.05) is 36.9 Å². The van der Waals surface area contributed by atoms with E-state index in [9.17, 15) is 14.6 Å². The number of alkyl halides is 1. The van der Waals surface area contributed by atoms with Crippen LogP contribution in [0.15, 0.2) is 18.6 Å². The summed E-state index contributed by atoms with van der Waals surface area (Å²) >= 11 is 5.33. The van der Waals surface area contributed by atoms with Crippen molar-refractivity contribution in [2.45, 2.75) is 74.8 Å². The Bertz CT molecular complexity index is 1940. The minimum Gasteiger partial charge on any atom is -0.385 e. The lowest BCUT2D eigenvalue weighted by Gasteiger charge is -2.30. The van der Waals surface area contributed by atoms with E-state index in [4.69, 9.17) is 46.9 Å². The second-order valence-corrected chi connectivity index (χ2v) is 17.0. The van der Waals surface area contributed by atoms with Crippen molar-refractivity contribution < 1.29 is 46.5 Å². The highest BCUT2D eigenvalue weighted by Gasteiger charge is 2.54. The molecular weight excluding hydrogens is 718 g/mol. The number of hydrogen-bond acceptors (Lipinski definition) is 16. The number of pyridine rings is 1. The molecule has 4 unspecified atom stereocenters. The van der Waals surface area contributed by atoms with Gasteiger partial charge in [-0.2, -0.15) is 10.2 Å². The highest BCUT2D eigenvalue weighted by molar-refractivity contribution is 8.07. The van der Waals surface area contributed by atoms with Gasteiger partial charge in [0.2, 0.25) is 7.57 Å². The van der Waals surface area contributed by atoms with Gasteiger partial charge < -0.3 is 43.7 Å².